The Hall–Kier alpha value is -1.63. The van der Waals surface area contributed by atoms with E-state index in [0.29, 0.717) is 0 Å². The zero-order valence-corrected chi connectivity index (χ0v) is 9.70. The monoisotopic (exact) mass is 209 g/mol. The summed E-state index contributed by atoms with van der Waals surface area (Å²) in [6.07, 6.45) is 5.52. The lowest BCUT2D eigenvalue weighted by atomic mass is 9.79. The Labute approximate surface area is 95.8 Å². The van der Waals surface area contributed by atoms with E-state index in [9.17, 15) is 0 Å². The first-order valence-corrected chi connectivity index (χ1v) is 5.74. The van der Waals surface area contributed by atoms with E-state index in [-0.39, 0.29) is 5.41 Å². The van der Waals surface area contributed by atoms with Crippen LogP contribution in [0.3, 0.4) is 0 Å². The molecule has 1 nitrogen and oxygen atoms in total. The molecule has 3 rings (SSSR count). The zero-order valence-electron chi connectivity index (χ0n) is 9.70. The molecule has 0 aliphatic heterocycles. The molecule has 0 N–H and O–H groups in total. The molecule has 1 heterocycles. The van der Waals surface area contributed by atoms with Crippen LogP contribution in [0.2, 0.25) is 0 Å². The van der Waals surface area contributed by atoms with Crippen LogP contribution < -0.4 is 0 Å². The molecule has 1 aromatic carbocycles. The highest BCUT2D eigenvalue weighted by molar-refractivity contribution is 5.82. The highest BCUT2D eigenvalue weighted by Gasteiger charge is 2.26. The van der Waals surface area contributed by atoms with Crippen LogP contribution in [-0.4, -0.2) is 4.98 Å². The maximum absolute atomic E-state index is 4.82. The van der Waals surface area contributed by atoms with E-state index < -0.39 is 0 Å². The van der Waals surface area contributed by atoms with Gasteiger partial charge in [0.2, 0.25) is 0 Å². The van der Waals surface area contributed by atoms with E-state index in [4.69, 9.17) is 4.98 Å². The molecular formula is C15H15N. The molecule has 1 heteroatoms. The van der Waals surface area contributed by atoms with Crippen LogP contribution in [0.5, 0.6) is 0 Å². The van der Waals surface area contributed by atoms with Gasteiger partial charge in [-0.15, -0.1) is 0 Å². The molecule has 16 heavy (non-hydrogen) atoms. The first kappa shape index (κ1) is 9.59. The van der Waals surface area contributed by atoms with Crippen molar-refractivity contribution >= 4 is 17.0 Å². The number of allylic oxidation sites excluding steroid dienone is 1. The number of fused-ring (bicyclic) bond motifs is 2. The molecule has 0 radical (unpaired) electrons. The quantitative estimate of drug-likeness (QED) is 0.640. The van der Waals surface area contributed by atoms with E-state index in [1.54, 1.807) is 0 Å². The van der Waals surface area contributed by atoms with Gasteiger partial charge >= 0.3 is 0 Å². The van der Waals surface area contributed by atoms with Crippen LogP contribution in [0.4, 0.5) is 0 Å². The fraction of sp³-hybridized carbons (Fsp3) is 0.267. The van der Waals surface area contributed by atoms with Crippen LogP contribution in [-0.2, 0) is 5.41 Å². The molecule has 1 aromatic heterocycles. The lowest BCUT2D eigenvalue weighted by Crippen LogP contribution is -2.21. The van der Waals surface area contributed by atoms with Crippen molar-refractivity contribution in [3.63, 3.8) is 0 Å². The van der Waals surface area contributed by atoms with Crippen molar-refractivity contribution in [2.45, 2.75) is 25.7 Å². The van der Waals surface area contributed by atoms with Gasteiger partial charge in [0.1, 0.15) is 0 Å². The Balaban J connectivity index is 2.35. The molecule has 0 saturated heterocycles. The number of nitrogens with zero attached hydrogens (tertiary/aromatic N) is 1. The minimum atomic E-state index is 0.161. The van der Waals surface area contributed by atoms with E-state index >= 15 is 0 Å². The molecule has 0 fully saturated rings. The predicted molar refractivity (Wildman–Crippen MR) is 68.4 cm³/mol. The van der Waals surface area contributed by atoms with Gasteiger partial charge in [-0.05, 0) is 24.1 Å². The number of benzene rings is 1. The third-order valence-corrected chi connectivity index (χ3v) is 3.32. The van der Waals surface area contributed by atoms with Crippen LogP contribution >= 0.6 is 0 Å². The number of pyridine rings is 1. The average Bonchev–Trinajstić information content (AvgIpc) is 2.27. The maximum atomic E-state index is 4.82. The standard InChI is InChI=1S/C15H15N/c1-15(2)9-5-7-12-10-11-6-3-4-8-13(11)16-14(12)15/h3-8,10H,9H2,1-2H3. The molecule has 0 bridgehead atoms. The van der Waals surface area contributed by atoms with Crippen LogP contribution in [0.1, 0.15) is 31.5 Å². The summed E-state index contributed by atoms with van der Waals surface area (Å²) in [5.74, 6) is 0. The van der Waals surface area contributed by atoms with Crippen molar-refractivity contribution in [2.75, 3.05) is 0 Å². The molecule has 0 amide bonds. The normalized spacial score (nSPS) is 17.4. The van der Waals surface area contributed by atoms with Crippen LogP contribution in [0, 0.1) is 0 Å². The summed E-state index contributed by atoms with van der Waals surface area (Å²) in [4.78, 5) is 4.82. The van der Waals surface area contributed by atoms with E-state index in [1.165, 1.54) is 16.6 Å². The second-order valence-corrected chi connectivity index (χ2v) is 5.11. The molecule has 0 atom stereocenters. The number of rotatable bonds is 0. The largest absolute Gasteiger partial charge is 0.252 e. The van der Waals surface area contributed by atoms with Crippen molar-refractivity contribution < 1.29 is 0 Å². The summed E-state index contributed by atoms with van der Waals surface area (Å²) in [6, 6.07) is 10.6. The SMILES string of the molecule is CC1(C)CC=Cc2cc3ccccc3nc21. The summed E-state index contributed by atoms with van der Waals surface area (Å²) in [7, 11) is 0. The number of para-hydroxylation sites is 1. The molecule has 0 unspecified atom stereocenters. The maximum Gasteiger partial charge on any atom is 0.0706 e. The average molecular weight is 209 g/mol. The van der Waals surface area contributed by atoms with Crippen LogP contribution in [0.25, 0.3) is 17.0 Å². The summed E-state index contributed by atoms with van der Waals surface area (Å²) in [5.41, 5.74) is 3.77. The fourth-order valence-corrected chi connectivity index (χ4v) is 2.38. The summed E-state index contributed by atoms with van der Waals surface area (Å²) >= 11 is 0. The Morgan fingerprint density at radius 1 is 1.19 bits per heavy atom. The lowest BCUT2D eigenvalue weighted by molar-refractivity contribution is 0.513. The van der Waals surface area contributed by atoms with Gasteiger partial charge in [0, 0.05) is 10.8 Å². The van der Waals surface area contributed by atoms with Gasteiger partial charge in [-0.25, -0.2) is 0 Å². The summed E-state index contributed by atoms with van der Waals surface area (Å²) in [6.45, 7) is 4.52. The molecule has 2 aromatic rings. The van der Waals surface area contributed by atoms with Gasteiger partial charge in [-0.1, -0.05) is 44.2 Å². The third kappa shape index (κ3) is 1.35. The molecular weight excluding hydrogens is 194 g/mol. The minimum absolute atomic E-state index is 0.161. The van der Waals surface area contributed by atoms with E-state index in [1.807, 2.05) is 6.07 Å². The van der Waals surface area contributed by atoms with Gasteiger partial charge in [0.15, 0.2) is 0 Å². The second-order valence-electron chi connectivity index (χ2n) is 5.11. The highest BCUT2D eigenvalue weighted by Crippen LogP contribution is 2.34. The van der Waals surface area contributed by atoms with Gasteiger partial charge in [-0.3, -0.25) is 4.98 Å². The summed E-state index contributed by atoms with van der Waals surface area (Å²) < 4.78 is 0. The summed E-state index contributed by atoms with van der Waals surface area (Å²) in [5, 5.41) is 1.23. The fourth-order valence-electron chi connectivity index (χ4n) is 2.38. The number of hydrogen-bond donors (Lipinski definition) is 0. The Morgan fingerprint density at radius 3 is 2.88 bits per heavy atom. The van der Waals surface area contributed by atoms with Gasteiger partial charge in [-0.2, -0.15) is 0 Å². The van der Waals surface area contributed by atoms with E-state index in [0.717, 1.165) is 11.9 Å². The van der Waals surface area contributed by atoms with Gasteiger partial charge in [0.05, 0.1) is 11.2 Å². The van der Waals surface area contributed by atoms with Crippen molar-refractivity contribution in [1.29, 1.82) is 0 Å². The van der Waals surface area contributed by atoms with Gasteiger partial charge < -0.3 is 0 Å². The third-order valence-electron chi connectivity index (χ3n) is 3.32. The van der Waals surface area contributed by atoms with Crippen molar-refractivity contribution in [1.82, 2.24) is 4.98 Å². The first-order valence-electron chi connectivity index (χ1n) is 5.74. The Bertz CT molecular complexity index is 579. The van der Waals surface area contributed by atoms with Crippen LogP contribution in [0.15, 0.2) is 36.4 Å². The highest BCUT2D eigenvalue weighted by atomic mass is 14.7. The predicted octanol–water partition coefficient (Wildman–Crippen LogP) is 3.93. The lowest BCUT2D eigenvalue weighted by Gasteiger charge is -2.28. The van der Waals surface area contributed by atoms with Crippen molar-refractivity contribution in [2.24, 2.45) is 0 Å². The molecule has 0 spiro atoms. The van der Waals surface area contributed by atoms with Crippen molar-refractivity contribution in [3.8, 4) is 0 Å². The molecule has 0 saturated carbocycles. The minimum Gasteiger partial charge on any atom is -0.252 e. The first-order chi connectivity index (χ1) is 7.67. The van der Waals surface area contributed by atoms with Crippen molar-refractivity contribution in [3.05, 3.63) is 47.7 Å². The Morgan fingerprint density at radius 2 is 2.00 bits per heavy atom. The number of aromatic nitrogens is 1. The Kier molecular flexibility index (Phi) is 1.90. The molecule has 1 aliphatic carbocycles. The second kappa shape index (κ2) is 3.18. The van der Waals surface area contributed by atoms with E-state index in [2.05, 4.69) is 50.3 Å². The number of hydrogen-bond acceptors (Lipinski definition) is 1. The zero-order chi connectivity index (χ0) is 11.2. The smallest absolute Gasteiger partial charge is 0.0706 e. The molecule has 1 aliphatic rings. The van der Waals surface area contributed by atoms with Gasteiger partial charge in [0.25, 0.3) is 0 Å². The topological polar surface area (TPSA) is 12.9 Å². The molecule has 80 valence electrons.